The molecular formula is C13H18INO4. The topological polar surface area (TPSA) is 68.4 Å². The zero-order valence-electron chi connectivity index (χ0n) is 11.7. The second-order valence-electron chi connectivity index (χ2n) is 5.04. The number of aromatic amines is 1. The summed E-state index contributed by atoms with van der Waals surface area (Å²) < 4.78 is 11.0. The van der Waals surface area contributed by atoms with Crippen LogP contribution in [0.2, 0.25) is 0 Å². The summed E-state index contributed by atoms with van der Waals surface area (Å²) in [6.07, 6.45) is 0. The molecule has 0 aliphatic heterocycles. The third-order valence-electron chi connectivity index (χ3n) is 2.27. The molecule has 1 rings (SSSR count). The molecule has 0 bridgehead atoms. The van der Waals surface area contributed by atoms with E-state index in [0.717, 1.165) is 3.70 Å². The van der Waals surface area contributed by atoms with Gasteiger partial charge in [0.25, 0.3) is 0 Å². The predicted molar refractivity (Wildman–Crippen MR) is 79.4 cm³/mol. The van der Waals surface area contributed by atoms with Gasteiger partial charge in [-0.25, -0.2) is 9.59 Å². The molecular weight excluding hydrogens is 361 g/mol. The van der Waals surface area contributed by atoms with E-state index in [2.05, 4.69) is 4.98 Å². The molecule has 5 nitrogen and oxygen atoms in total. The van der Waals surface area contributed by atoms with Gasteiger partial charge in [-0.15, -0.1) is 0 Å². The van der Waals surface area contributed by atoms with Crippen LogP contribution < -0.4 is 0 Å². The molecule has 0 aliphatic carbocycles. The minimum absolute atomic E-state index is 0.148. The zero-order chi connectivity index (χ0) is 14.8. The first kappa shape index (κ1) is 16.0. The molecule has 106 valence electrons. The van der Waals surface area contributed by atoms with Crippen LogP contribution in [0.1, 0.15) is 54.1 Å². The third-order valence-corrected chi connectivity index (χ3v) is 3.35. The molecule has 19 heavy (non-hydrogen) atoms. The highest BCUT2D eigenvalue weighted by Crippen LogP contribution is 2.23. The second-order valence-corrected chi connectivity index (χ2v) is 6.12. The van der Waals surface area contributed by atoms with E-state index in [1.807, 2.05) is 22.6 Å². The molecule has 0 aromatic carbocycles. The van der Waals surface area contributed by atoms with E-state index in [0.29, 0.717) is 5.56 Å². The van der Waals surface area contributed by atoms with Crippen LogP contribution in [0.5, 0.6) is 0 Å². The highest BCUT2D eigenvalue weighted by Gasteiger charge is 2.28. The quantitative estimate of drug-likeness (QED) is 0.648. The van der Waals surface area contributed by atoms with Gasteiger partial charge in [-0.05, 0) is 62.8 Å². The maximum absolute atomic E-state index is 12.1. The fraction of sp³-hybridized carbons (Fsp3) is 0.538. The standard InChI is InChI=1S/C13H18INO4/c1-6-18-11(16)8-7(2)10(14)15-9(8)12(17)19-13(3,4)5/h15H,6H2,1-5H3. The monoisotopic (exact) mass is 379 g/mol. The molecule has 0 radical (unpaired) electrons. The van der Waals surface area contributed by atoms with Crippen LogP contribution in [0.3, 0.4) is 0 Å². The van der Waals surface area contributed by atoms with E-state index >= 15 is 0 Å². The molecule has 0 saturated carbocycles. The van der Waals surface area contributed by atoms with Crippen molar-refractivity contribution in [3.05, 3.63) is 20.5 Å². The van der Waals surface area contributed by atoms with Gasteiger partial charge in [0.1, 0.15) is 11.3 Å². The van der Waals surface area contributed by atoms with Gasteiger partial charge in [0, 0.05) is 0 Å². The van der Waals surface area contributed by atoms with Gasteiger partial charge >= 0.3 is 11.9 Å². The van der Waals surface area contributed by atoms with Crippen molar-refractivity contribution in [1.29, 1.82) is 0 Å². The Balaban J connectivity index is 3.17. The third kappa shape index (κ3) is 3.95. The molecule has 0 aliphatic rings. The zero-order valence-corrected chi connectivity index (χ0v) is 13.9. The molecule has 0 spiro atoms. The Morgan fingerprint density at radius 1 is 1.26 bits per heavy atom. The average Bonchev–Trinajstić information content (AvgIpc) is 2.53. The van der Waals surface area contributed by atoms with E-state index in [-0.39, 0.29) is 17.9 Å². The van der Waals surface area contributed by atoms with Crippen molar-refractivity contribution in [3.8, 4) is 0 Å². The van der Waals surface area contributed by atoms with E-state index < -0.39 is 17.5 Å². The Morgan fingerprint density at radius 2 is 1.84 bits per heavy atom. The molecule has 0 fully saturated rings. The van der Waals surface area contributed by atoms with Gasteiger partial charge in [0.2, 0.25) is 0 Å². The lowest BCUT2D eigenvalue weighted by Gasteiger charge is -2.19. The lowest BCUT2D eigenvalue weighted by atomic mass is 10.1. The number of nitrogens with one attached hydrogen (secondary N) is 1. The lowest BCUT2D eigenvalue weighted by Crippen LogP contribution is -2.25. The number of halogens is 1. The van der Waals surface area contributed by atoms with Crippen LogP contribution in [-0.2, 0) is 9.47 Å². The van der Waals surface area contributed by atoms with Crippen LogP contribution in [0.4, 0.5) is 0 Å². The molecule has 0 atom stereocenters. The van der Waals surface area contributed by atoms with Gasteiger partial charge in [0.05, 0.1) is 15.9 Å². The van der Waals surface area contributed by atoms with Crippen molar-refractivity contribution in [2.24, 2.45) is 0 Å². The minimum Gasteiger partial charge on any atom is -0.462 e. The minimum atomic E-state index is -0.618. The summed E-state index contributed by atoms with van der Waals surface area (Å²) in [6, 6.07) is 0. The van der Waals surface area contributed by atoms with Crippen LogP contribution in [-0.4, -0.2) is 29.1 Å². The van der Waals surface area contributed by atoms with E-state index in [4.69, 9.17) is 9.47 Å². The number of esters is 2. The first-order chi connectivity index (χ1) is 8.67. The van der Waals surface area contributed by atoms with E-state index in [1.54, 1.807) is 34.6 Å². The summed E-state index contributed by atoms with van der Waals surface area (Å²) in [5.74, 6) is -1.07. The number of aromatic nitrogens is 1. The van der Waals surface area contributed by atoms with Crippen molar-refractivity contribution < 1.29 is 19.1 Å². The van der Waals surface area contributed by atoms with Crippen LogP contribution in [0.15, 0.2) is 0 Å². The Kier molecular flexibility index (Phi) is 5.00. The first-order valence-electron chi connectivity index (χ1n) is 5.96. The summed E-state index contributed by atoms with van der Waals surface area (Å²) in [7, 11) is 0. The maximum Gasteiger partial charge on any atom is 0.356 e. The number of carbonyl (C=O) groups is 2. The molecule has 1 aromatic heterocycles. The van der Waals surface area contributed by atoms with Crippen molar-refractivity contribution in [1.82, 2.24) is 4.98 Å². The Morgan fingerprint density at radius 3 is 2.32 bits per heavy atom. The average molecular weight is 379 g/mol. The maximum atomic E-state index is 12.1. The van der Waals surface area contributed by atoms with Gasteiger partial charge in [-0.2, -0.15) is 0 Å². The number of rotatable bonds is 3. The van der Waals surface area contributed by atoms with E-state index in [9.17, 15) is 9.59 Å². The first-order valence-corrected chi connectivity index (χ1v) is 7.03. The summed E-state index contributed by atoms with van der Waals surface area (Å²) >= 11 is 2.03. The number of H-pyrrole nitrogens is 1. The fourth-order valence-electron chi connectivity index (χ4n) is 1.50. The number of ether oxygens (including phenoxy) is 2. The van der Waals surface area contributed by atoms with Crippen LogP contribution >= 0.6 is 22.6 Å². The van der Waals surface area contributed by atoms with Gasteiger partial charge < -0.3 is 14.5 Å². The lowest BCUT2D eigenvalue weighted by molar-refractivity contribution is 0.00582. The molecule has 1 N–H and O–H groups in total. The smallest absolute Gasteiger partial charge is 0.356 e. The normalized spacial score (nSPS) is 11.3. The summed E-state index contributed by atoms with van der Waals surface area (Å²) in [5, 5.41) is 0. The number of carbonyl (C=O) groups excluding carboxylic acids is 2. The summed E-state index contributed by atoms with van der Waals surface area (Å²) in [4.78, 5) is 26.9. The van der Waals surface area contributed by atoms with Crippen molar-refractivity contribution in [3.63, 3.8) is 0 Å². The van der Waals surface area contributed by atoms with Gasteiger partial charge in [0.15, 0.2) is 0 Å². The van der Waals surface area contributed by atoms with Crippen molar-refractivity contribution >= 4 is 34.5 Å². The SMILES string of the molecule is CCOC(=O)c1c(C(=O)OC(C)(C)C)[nH]c(I)c1C. The van der Waals surface area contributed by atoms with Crippen molar-refractivity contribution in [2.45, 2.75) is 40.2 Å². The molecule has 0 amide bonds. The van der Waals surface area contributed by atoms with E-state index in [1.165, 1.54) is 0 Å². The molecule has 0 unspecified atom stereocenters. The Hall–Kier alpha value is -1.05. The second kappa shape index (κ2) is 5.94. The fourth-order valence-corrected chi connectivity index (χ4v) is 2.04. The molecule has 1 heterocycles. The largest absolute Gasteiger partial charge is 0.462 e. The van der Waals surface area contributed by atoms with Crippen LogP contribution in [0.25, 0.3) is 0 Å². The van der Waals surface area contributed by atoms with Gasteiger partial charge in [-0.1, -0.05) is 0 Å². The molecule has 0 saturated heterocycles. The molecule has 1 aromatic rings. The predicted octanol–water partition coefficient (Wildman–Crippen LogP) is 3.06. The van der Waals surface area contributed by atoms with Crippen molar-refractivity contribution in [2.75, 3.05) is 6.61 Å². The summed E-state index contributed by atoms with van der Waals surface area (Å²) in [5.41, 5.74) is 0.476. The van der Waals surface area contributed by atoms with Gasteiger partial charge in [-0.3, -0.25) is 0 Å². The summed E-state index contributed by atoms with van der Waals surface area (Å²) in [6.45, 7) is 9.06. The number of hydrogen-bond donors (Lipinski definition) is 1. The highest BCUT2D eigenvalue weighted by molar-refractivity contribution is 14.1. The van der Waals surface area contributed by atoms with Crippen LogP contribution in [0, 0.1) is 10.6 Å². The Bertz CT molecular complexity index is 499. The highest BCUT2D eigenvalue weighted by atomic mass is 127. The molecule has 6 heteroatoms. The number of hydrogen-bond acceptors (Lipinski definition) is 4. The Labute approximate surface area is 126 Å².